The molecule has 1 amide bonds. The van der Waals surface area contributed by atoms with Gasteiger partial charge in [-0.3, -0.25) is 4.79 Å². The van der Waals surface area contributed by atoms with Crippen LogP contribution in [-0.4, -0.2) is 26.5 Å². The van der Waals surface area contributed by atoms with Gasteiger partial charge >= 0.3 is 0 Å². The van der Waals surface area contributed by atoms with E-state index in [1.54, 1.807) is 10.7 Å². The van der Waals surface area contributed by atoms with Gasteiger partial charge in [-0.25, -0.2) is 4.98 Å². The molecule has 1 aromatic carbocycles. The second-order valence-corrected chi connectivity index (χ2v) is 6.62. The number of nitrogens with zero attached hydrogens (tertiary/aromatic N) is 3. The number of rotatable bonds is 5. The highest BCUT2D eigenvalue weighted by molar-refractivity contribution is 5.90. The number of anilines is 5. The van der Waals surface area contributed by atoms with Crippen LogP contribution in [0.1, 0.15) is 25.3 Å². The summed E-state index contributed by atoms with van der Waals surface area (Å²) in [5.41, 5.74) is 10.2. The Balaban J connectivity index is 1.68. The molecule has 0 saturated heterocycles. The van der Waals surface area contributed by atoms with E-state index in [2.05, 4.69) is 26.0 Å². The van der Waals surface area contributed by atoms with Gasteiger partial charge in [-0.05, 0) is 37.5 Å². The summed E-state index contributed by atoms with van der Waals surface area (Å²) in [4.78, 5) is 15.7. The third kappa shape index (κ3) is 3.26. The Morgan fingerprint density at radius 2 is 2.08 bits per heavy atom. The lowest BCUT2D eigenvalue weighted by Crippen LogP contribution is -2.09. The fraction of sp³-hybridized carbons (Fsp3) is 0.278. The zero-order valence-corrected chi connectivity index (χ0v) is 14.7. The molecule has 8 heteroatoms. The Morgan fingerprint density at radius 3 is 2.81 bits per heavy atom. The molecule has 1 aliphatic rings. The van der Waals surface area contributed by atoms with Crippen LogP contribution in [0.15, 0.2) is 30.5 Å². The number of hydrogen-bond donors (Lipinski definition) is 4. The number of nitrogen functional groups attached to an aromatic ring is 1. The molecular weight excluding hydrogens is 330 g/mol. The zero-order chi connectivity index (χ0) is 18.3. The number of nitrogens with two attached hydrogens (primary N) is 1. The van der Waals surface area contributed by atoms with Gasteiger partial charge in [-0.15, -0.1) is 5.10 Å². The molecule has 0 unspecified atom stereocenters. The minimum Gasteiger partial charge on any atom is -0.382 e. The molecule has 0 bridgehead atoms. The number of aromatic nitrogens is 3. The monoisotopic (exact) mass is 351 g/mol. The Bertz CT molecular complexity index is 991. The molecule has 26 heavy (non-hydrogen) atoms. The second kappa shape index (κ2) is 6.21. The summed E-state index contributed by atoms with van der Waals surface area (Å²) in [6.07, 6.45) is 3.92. The summed E-state index contributed by atoms with van der Waals surface area (Å²) in [5, 5.41) is 14.1. The first-order chi connectivity index (χ1) is 12.5. The average Bonchev–Trinajstić information content (AvgIpc) is 3.32. The summed E-state index contributed by atoms with van der Waals surface area (Å²) >= 11 is 0. The standard InChI is InChI=1S/C18H21N7O/c1-10-3-4-13(7-14(10)21-11(2)26)23-17-8-15(22-12-5-6-12)18-20-9-16(19)25(18)24-17/h3-4,7-9,12,22H,5-6,19H2,1-2H3,(H,21,26)(H,23,24). The maximum absolute atomic E-state index is 11.4. The van der Waals surface area contributed by atoms with E-state index < -0.39 is 0 Å². The van der Waals surface area contributed by atoms with Crippen molar-refractivity contribution >= 4 is 40.3 Å². The van der Waals surface area contributed by atoms with Crippen LogP contribution in [-0.2, 0) is 4.79 Å². The van der Waals surface area contributed by atoms with Crippen LogP contribution in [0, 0.1) is 6.92 Å². The Labute approximate surface area is 150 Å². The molecule has 0 atom stereocenters. The first-order valence-corrected chi connectivity index (χ1v) is 8.55. The molecule has 0 radical (unpaired) electrons. The maximum Gasteiger partial charge on any atom is 0.221 e. The van der Waals surface area contributed by atoms with Gasteiger partial charge in [0.1, 0.15) is 5.82 Å². The Hall–Kier alpha value is -3.29. The van der Waals surface area contributed by atoms with Crippen molar-refractivity contribution in [2.45, 2.75) is 32.7 Å². The fourth-order valence-electron chi connectivity index (χ4n) is 2.77. The molecule has 1 saturated carbocycles. The summed E-state index contributed by atoms with van der Waals surface area (Å²) in [7, 11) is 0. The molecule has 134 valence electrons. The smallest absolute Gasteiger partial charge is 0.221 e. The van der Waals surface area contributed by atoms with Crippen LogP contribution >= 0.6 is 0 Å². The van der Waals surface area contributed by atoms with E-state index in [1.165, 1.54) is 6.92 Å². The number of carbonyl (C=O) groups is 1. The number of benzene rings is 1. The largest absolute Gasteiger partial charge is 0.382 e. The second-order valence-electron chi connectivity index (χ2n) is 6.62. The lowest BCUT2D eigenvalue weighted by Gasteiger charge is -2.13. The number of nitrogens with one attached hydrogen (secondary N) is 3. The van der Waals surface area contributed by atoms with Crippen molar-refractivity contribution < 1.29 is 4.79 Å². The summed E-state index contributed by atoms with van der Waals surface area (Å²) in [6, 6.07) is 8.18. The molecule has 8 nitrogen and oxygen atoms in total. The molecule has 1 aliphatic carbocycles. The number of hydrogen-bond acceptors (Lipinski definition) is 6. The van der Waals surface area contributed by atoms with Gasteiger partial charge in [0, 0.05) is 30.4 Å². The van der Waals surface area contributed by atoms with E-state index in [9.17, 15) is 4.79 Å². The molecule has 0 aliphatic heterocycles. The quantitative estimate of drug-likeness (QED) is 0.563. The van der Waals surface area contributed by atoms with Crippen molar-refractivity contribution in [2.75, 3.05) is 21.7 Å². The van der Waals surface area contributed by atoms with Crippen LogP contribution in [0.5, 0.6) is 0 Å². The van der Waals surface area contributed by atoms with Gasteiger partial charge in [0.15, 0.2) is 11.5 Å². The Kier molecular flexibility index (Phi) is 3.87. The van der Waals surface area contributed by atoms with Crippen molar-refractivity contribution in [1.29, 1.82) is 0 Å². The lowest BCUT2D eigenvalue weighted by atomic mass is 10.1. The van der Waals surface area contributed by atoms with Crippen LogP contribution in [0.4, 0.5) is 28.7 Å². The van der Waals surface area contributed by atoms with E-state index in [-0.39, 0.29) is 5.91 Å². The molecule has 5 N–H and O–H groups in total. The highest BCUT2D eigenvalue weighted by Gasteiger charge is 2.23. The van der Waals surface area contributed by atoms with E-state index in [1.807, 2.05) is 31.2 Å². The summed E-state index contributed by atoms with van der Waals surface area (Å²) in [5.74, 6) is 1.01. The first-order valence-electron chi connectivity index (χ1n) is 8.55. The lowest BCUT2D eigenvalue weighted by molar-refractivity contribution is -0.114. The third-order valence-electron chi connectivity index (χ3n) is 4.25. The number of imidazole rings is 1. The van der Waals surface area contributed by atoms with Crippen molar-refractivity contribution in [2.24, 2.45) is 0 Å². The van der Waals surface area contributed by atoms with Crippen LogP contribution in [0.2, 0.25) is 0 Å². The highest BCUT2D eigenvalue weighted by atomic mass is 16.1. The number of amides is 1. The van der Waals surface area contributed by atoms with E-state index in [4.69, 9.17) is 5.73 Å². The zero-order valence-electron chi connectivity index (χ0n) is 14.7. The normalized spacial score (nSPS) is 13.6. The van der Waals surface area contributed by atoms with Gasteiger partial charge in [0.25, 0.3) is 0 Å². The first kappa shape index (κ1) is 16.2. The number of carbonyl (C=O) groups excluding carboxylic acids is 1. The molecular formula is C18H21N7O. The van der Waals surface area contributed by atoms with Crippen molar-refractivity contribution in [3.63, 3.8) is 0 Å². The predicted molar refractivity (Wildman–Crippen MR) is 103 cm³/mol. The predicted octanol–water partition coefficient (Wildman–Crippen LogP) is 2.90. The van der Waals surface area contributed by atoms with Crippen molar-refractivity contribution in [3.05, 3.63) is 36.0 Å². The van der Waals surface area contributed by atoms with Crippen LogP contribution in [0.25, 0.3) is 5.65 Å². The molecule has 0 spiro atoms. The van der Waals surface area contributed by atoms with Crippen molar-refractivity contribution in [3.8, 4) is 0 Å². The van der Waals surface area contributed by atoms with Gasteiger partial charge in [0.2, 0.25) is 5.91 Å². The van der Waals surface area contributed by atoms with E-state index in [0.29, 0.717) is 23.3 Å². The van der Waals surface area contributed by atoms with E-state index >= 15 is 0 Å². The van der Waals surface area contributed by atoms with Crippen LogP contribution in [0.3, 0.4) is 0 Å². The van der Waals surface area contributed by atoms with Crippen molar-refractivity contribution in [1.82, 2.24) is 14.6 Å². The Morgan fingerprint density at radius 1 is 1.27 bits per heavy atom. The SMILES string of the molecule is CC(=O)Nc1cc(Nc2cc(NC3CC3)c3ncc(N)n3n2)ccc1C. The summed E-state index contributed by atoms with van der Waals surface area (Å²) < 4.78 is 1.62. The molecule has 3 aromatic rings. The minimum atomic E-state index is -0.105. The molecule has 2 aromatic heterocycles. The van der Waals surface area contributed by atoms with Gasteiger partial charge in [-0.1, -0.05) is 6.07 Å². The van der Waals surface area contributed by atoms with Gasteiger partial charge < -0.3 is 21.7 Å². The average molecular weight is 351 g/mol. The minimum absolute atomic E-state index is 0.105. The molecule has 4 rings (SSSR count). The fourth-order valence-corrected chi connectivity index (χ4v) is 2.77. The highest BCUT2D eigenvalue weighted by Crippen LogP contribution is 2.30. The number of aryl methyl sites for hydroxylation is 1. The topological polar surface area (TPSA) is 109 Å². The number of fused-ring (bicyclic) bond motifs is 1. The summed E-state index contributed by atoms with van der Waals surface area (Å²) in [6.45, 7) is 3.44. The van der Waals surface area contributed by atoms with Crippen LogP contribution < -0.4 is 21.7 Å². The molecule has 1 fully saturated rings. The van der Waals surface area contributed by atoms with E-state index in [0.717, 1.165) is 35.5 Å². The van der Waals surface area contributed by atoms with Gasteiger partial charge in [0.05, 0.1) is 11.9 Å². The van der Waals surface area contributed by atoms with Gasteiger partial charge in [-0.2, -0.15) is 4.52 Å². The molecule has 2 heterocycles. The maximum atomic E-state index is 11.4. The third-order valence-corrected chi connectivity index (χ3v) is 4.25.